The van der Waals surface area contributed by atoms with Gasteiger partial charge in [-0.3, -0.25) is 4.79 Å². The average molecular weight is 379 g/mol. The van der Waals surface area contributed by atoms with E-state index in [1.807, 2.05) is 42.5 Å². The molecule has 0 atom stereocenters. The zero-order valence-electron chi connectivity index (χ0n) is 12.3. The number of hydrogen-bond acceptors (Lipinski definition) is 4. The van der Waals surface area contributed by atoms with Crippen LogP contribution in [0.5, 0.6) is 0 Å². The van der Waals surface area contributed by atoms with Crippen molar-refractivity contribution in [1.82, 2.24) is 15.4 Å². The molecule has 0 aliphatic carbocycles. The van der Waals surface area contributed by atoms with Gasteiger partial charge in [-0.15, -0.1) is 0 Å². The quantitative estimate of drug-likeness (QED) is 0.703. The smallest absolute Gasteiger partial charge is 0.271 e. The van der Waals surface area contributed by atoms with E-state index in [4.69, 9.17) is 28.9 Å². The van der Waals surface area contributed by atoms with Gasteiger partial charge in [0.2, 0.25) is 0 Å². The van der Waals surface area contributed by atoms with Crippen LogP contribution in [-0.4, -0.2) is 21.3 Å². The second-order valence-corrected chi connectivity index (χ2v) is 6.94. The van der Waals surface area contributed by atoms with Crippen LogP contribution in [0, 0.1) is 0 Å². The molecule has 0 unspecified atom stereocenters. The van der Waals surface area contributed by atoms with Crippen molar-refractivity contribution in [3.63, 3.8) is 0 Å². The molecule has 3 N–H and O–H groups in total. The maximum Gasteiger partial charge on any atom is 0.271 e. The van der Waals surface area contributed by atoms with E-state index >= 15 is 0 Å². The molecule has 1 heterocycles. The van der Waals surface area contributed by atoms with Crippen molar-refractivity contribution in [2.45, 2.75) is 16.2 Å². The summed E-state index contributed by atoms with van der Waals surface area (Å²) in [6, 6.07) is 13.3. The van der Waals surface area contributed by atoms with E-state index in [0.29, 0.717) is 22.2 Å². The molecule has 0 saturated carbocycles. The van der Waals surface area contributed by atoms with Gasteiger partial charge in [-0.2, -0.15) is 15.4 Å². The van der Waals surface area contributed by atoms with Crippen molar-refractivity contribution >= 4 is 40.9 Å². The fourth-order valence-electron chi connectivity index (χ4n) is 2.13. The molecule has 5 nitrogen and oxygen atoms in total. The summed E-state index contributed by atoms with van der Waals surface area (Å²) in [5, 5.41) is 11.4. The van der Waals surface area contributed by atoms with E-state index in [-0.39, 0.29) is 5.69 Å². The predicted molar refractivity (Wildman–Crippen MR) is 94.7 cm³/mol. The van der Waals surface area contributed by atoms with Gasteiger partial charge in [0.25, 0.3) is 5.91 Å². The summed E-state index contributed by atoms with van der Waals surface area (Å²) in [6.07, 6.45) is 0.417. The summed E-state index contributed by atoms with van der Waals surface area (Å²) >= 11 is 13.8. The Morgan fingerprint density at radius 2 is 1.88 bits per heavy atom. The fraction of sp³-hybridized carbons (Fsp3) is 0.0625. The molecule has 1 amide bonds. The number of nitrogens with zero attached hydrogens (tertiary/aromatic N) is 2. The van der Waals surface area contributed by atoms with Crippen molar-refractivity contribution in [3.05, 3.63) is 69.5 Å². The number of rotatable bonds is 5. The van der Waals surface area contributed by atoms with Gasteiger partial charge in [0.1, 0.15) is 0 Å². The number of carbonyl (C=O) groups is 1. The van der Waals surface area contributed by atoms with E-state index in [9.17, 15) is 4.79 Å². The second kappa shape index (κ2) is 7.25. The van der Waals surface area contributed by atoms with Gasteiger partial charge < -0.3 is 5.73 Å². The molecule has 0 aliphatic heterocycles. The first-order valence-electron chi connectivity index (χ1n) is 6.94. The predicted octanol–water partition coefficient (Wildman–Crippen LogP) is 3.95. The lowest BCUT2D eigenvalue weighted by molar-refractivity contribution is 0.0994. The highest BCUT2D eigenvalue weighted by Crippen LogP contribution is 2.34. The van der Waals surface area contributed by atoms with Gasteiger partial charge in [0, 0.05) is 21.2 Å². The first-order chi connectivity index (χ1) is 11.5. The molecule has 3 aromatic rings. The average Bonchev–Trinajstić information content (AvgIpc) is 3.00. The number of primary amides is 1. The Balaban J connectivity index is 1.78. The number of hydrogen-bond donors (Lipinski definition) is 2. The molecule has 0 radical (unpaired) electrons. The Labute approximate surface area is 152 Å². The van der Waals surface area contributed by atoms with Crippen molar-refractivity contribution in [3.8, 4) is 0 Å². The highest BCUT2D eigenvalue weighted by molar-refractivity contribution is 7.99. The lowest BCUT2D eigenvalue weighted by Gasteiger charge is -2.07. The number of nitrogens with one attached hydrogen (secondary N) is 1. The Bertz CT molecular complexity index is 880. The van der Waals surface area contributed by atoms with Crippen LogP contribution in [0.1, 0.15) is 21.7 Å². The van der Waals surface area contributed by atoms with E-state index in [1.165, 1.54) is 0 Å². The lowest BCUT2D eigenvalue weighted by Crippen LogP contribution is -2.14. The topological polar surface area (TPSA) is 84.7 Å². The Morgan fingerprint density at radius 3 is 2.54 bits per heavy atom. The van der Waals surface area contributed by atoms with Crippen molar-refractivity contribution in [2.24, 2.45) is 5.73 Å². The molecule has 0 aliphatic rings. The molecule has 24 heavy (non-hydrogen) atoms. The molecule has 0 bridgehead atoms. The van der Waals surface area contributed by atoms with Gasteiger partial charge in [-0.05, 0) is 42.0 Å². The van der Waals surface area contributed by atoms with Gasteiger partial charge in [0.05, 0.1) is 10.7 Å². The third-order valence-corrected chi connectivity index (χ3v) is 5.02. The molecule has 0 spiro atoms. The number of carbonyl (C=O) groups excluding carboxylic acids is 1. The lowest BCUT2D eigenvalue weighted by atomic mass is 10.1. The zero-order valence-corrected chi connectivity index (χ0v) is 14.6. The summed E-state index contributed by atoms with van der Waals surface area (Å²) in [5.74, 6) is -0.611. The normalized spacial score (nSPS) is 10.8. The standard InChI is InChI=1S/C16H12Cl2N4OS/c17-10-2-4-11(5-3-10)24-14-6-1-9(7-12(14)18)8-13-15(16(19)23)21-22-20-13/h1-7H,8H2,(H2,19,23)(H,20,21,22). The van der Waals surface area contributed by atoms with Crippen LogP contribution >= 0.6 is 35.0 Å². The van der Waals surface area contributed by atoms with Gasteiger partial charge in [0.15, 0.2) is 5.69 Å². The largest absolute Gasteiger partial charge is 0.364 e. The van der Waals surface area contributed by atoms with Crippen LogP contribution in [0.3, 0.4) is 0 Å². The third-order valence-electron chi connectivity index (χ3n) is 3.26. The molecule has 3 rings (SSSR count). The van der Waals surface area contributed by atoms with E-state index in [1.54, 1.807) is 11.8 Å². The molecule has 0 saturated heterocycles. The SMILES string of the molecule is NC(=O)c1n[nH]nc1Cc1ccc(Sc2ccc(Cl)cc2)c(Cl)c1. The summed E-state index contributed by atoms with van der Waals surface area (Å²) < 4.78 is 0. The van der Waals surface area contributed by atoms with Crippen molar-refractivity contribution in [2.75, 3.05) is 0 Å². The summed E-state index contributed by atoms with van der Waals surface area (Å²) in [6.45, 7) is 0. The summed E-state index contributed by atoms with van der Waals surface area (Å²) in [4.78, 5) is 13.3. The zero-order chi connectivity index (χ0) is 17.1. The van der Waals surface area contributed by atoms with Crippen molar-refractivity contribution < 1.29 is 4.79 Å². The number of nitrogens with two attached hydrogens (primary N) is 1. The molecule has 1 aromatic heterocycles. The minimum absolute atomic E-state index is 0.144. The van der Waals surface area contributed by atoms with E-state index < -0.39 is 5.91 Å². The number of H-pyrrole nitrogens is 1. The first kappa shape index (κ1) is 16.8. The van der Waals surface area contributed by atoms with Gasteiger partial charge >= 0.3 is 0 Å². The van der Waals surface area contributed by atoms with Crippen LogP contribution in [0.2, 0.25) is 10.0 Å². The first-order valence-corrected chi connectivity index (χ1v) is 8.51. The van der Waals surface area contributed by atoms with Crippen LogP contribution in [0.15, 0.2) is 52.3 Å². The van der Waals surface area contributed by atoms with Crippen LogP contribution in [-0.2, 0) is 6.42 Å². The number of aromatic amines is 1. The summed E-state index contributed by atoms with van der Waals surface area (Å²) in [5.41, 5.74) is 6.82. The maximum atomic E-state index is 11.3. The number of halogens is 2. The molecular formula is C16H12Cl2N4OS. The molecular weight excluding hydrogens is 367 g/mol. The van der Waals surface area contributed by atoms with Crippen molar-refractivity contribution in [1.29, 1.82) is 0 Å². The molecule has 2 aromatic carbocycles. The molecule has 8 heteroatoms. The number of benzene rings is 2. The minimum Gasteiger partial charge on any atom is -0.364 e. The third kappa shape index (κ3) is 3.90. The van der Waals surface area contributed by atoms with Gasteiger partial charge in [-0.1, -0.05) is 41.0 Å². The number of aromatic nitrogens is 3. The maximum absolute atomic E-state index is 11.3. The minimum atomic E-state index is -0.611. The Kier molecular flexibility index (Phi) is 5.08. The summed E-state index contributed by atoms with van der Waals surface area (Å²) in [7, 11) is 0. The van der Waals surface area contributed by atoms with Crippen LogP contribution < -0.4 is 5.73 Å². The monoisotopic (exact) mass is 378 g/mol. The highest BCUT2D eigenvalue weighted by Gasteiger charge is 2.14. The van der Waals surface area contributed by atoms with Crippen LogP contribution in [0.25, 0.3) is 0 Å². The highest BCUT2D eigenvalue weighted by atomic mass is 35.5. The van der Waals surface area contributed by atoms with E-state index in [2.05, 4.69) is 15.4 Å². The van der Waals surface area contributed by atoms with Crippen LogP contribution in [0.4, 0.5) is 0 Å². The molecule has 0 fully saturated rings. The van der Waals surface area contributed by atoms with E-state index in [0.717, 1.165) is 15.4 Å². The Hall–Kier alpha value is -2.02. The number of amides is 1. The second-order valence-electron chi connectivity index (χ2n) is 4.98. The Morgan fingerprint density at radius 1 is 1.12 bits per heavy atom. The fourth-order valence-corrected chi connectivity index (χ4v) is 3.40. The van der Waals surface area contributed by atoms with Gasteiger partial charge in [-0.25, -0.2) is 0 Å². The molecule has 122 valence electrons.